The molecule has 4 nitrogen and oxygen atoms in total. The van der Waals surface area contributed by atoms with Crippen molar-refractivity contribution in [1.29, 1.82) is 0 Å². The summed E-state index contributed by atoms with van der Waals surface area (Å²) >= 11 is 9.54. The van der Waals surface area contributed by atoms with Gasteiger partial charge in [0.1, 0.15) is 0 Å². The number of halogens is 1. The first-order chi connectivity index (χ1) is 14.0. The second kappa shape index (κ2) is 8.56. The van der Waals surface area contributed by atoms with Gasteiger partial charge in [0.05, 0.1) is 5.52 Å². The molecule has 2 aromatic rings. The summed E-state index contributed by atoms with van der Waals surface area (Å²) in [5.41, 5.74) is 9.13. The molecule has 1 aliphatic carbocycles. The lowest BCUT2D eigenvalue weighted by Gasteiger charge is -2.44. The number of hydrogen-bond acceptors (Lipinski definition) is 2. The molecule has 2 atom stereocenters. The molecule has 0 amide bonds. The summed E-state index contributed by atoms with van der Waals surface area (Å²) in [5, 5.41) is 2.26. The zero-order chi connectivity index (χ0) is 20.7. The molecular formula is C23H33BrN4S. The monoisotopic (exact) mass is 476 g/mol. The molecule has 0 spiro atoms. The number of nitrogens with one attached hydrogen (secondary N) is 1. The number of fused-ring (bicyclic) bond motifs is 2. The SMILES string of the molecule is CCCN1CCC[C@@H]2c3cc(Br)cc4c3c(c(C)n4NC(=S)N(CC)CC)C[C@H]21. The Labute approximate surface area is 188 Å². The van der Waals surface area contributed by atoms with Gasteiger partial charge in [-0.25, -0.2) is 0 Å². The molecule has 0 radical (unpaired) electrons. The van der Waals surface area contributed by atoms with Gasteiger partial charge in [-0.15, -0.1) is 0 Å². The van der Waals surface area contributed by atoms with E-state index in [4.69, 9.17) is 12.2 Å². The van der Waals surface area contributed by atoms with Crippen LogP contribution in [0.2, 0.25) is 0 Å². The number of piperidine rings is 1. The standard InChI is InChI=1S/C23H33BrN4S/c1-5-10-27-11-8-9-17-19-12-16(24)13-21-22(19)18(14-20(17)27)15(4)28(21)25-23(29)26(6-2)7-3/h12-13,17,20H,5-11,14H2,1-4H3,(H,25,29)/t17-,20-/m1/s1. The van der Waals surface area contributed by atoms with Crippen LogP contribution in [0.25, 0.3) is 10.9 Å². The van der Waals surface area contributed by atoms with Crippen LogP contribution in [0.4, 0.5) is 0 Å². The quantitative estimate of drug-likeness (QED) is 0.583. The van der Waals surface area contributed by atoms with Crippen LogP contribution < -0.4 is 5.43 Å². The van der Waals surface area contributed by atoms with Crippen LogP contribution >= 0.6 is 28.1 Å². The Bertz CT molecular complexity index is 915. The molecule has 1 saturated heterocycles. The summed E-state index contributed by atoms with van der Waals surface area (Å²) in [6.07, 6.45) is 4.97. The molecule has 6 heteroatoms. The van der Waals surface area contributed by atoms with Crippen molar-refractivity contribution in [3.8, 4) is 0 Å². The zero-order valence-electron chi connectivity index (χ0n) is 18.1. The predicted molar refractivity (Wildman–Crippen MR) is 131 cm³/mol. The van der Waals surface area contributed by atoms with Gasteiger partial charge in [-0.3, -0.25) is 15.0 Å². The van der Waals surface area contributed by atoms with Gasteiger partial charge < -0.3 is 4.90 Å². The first-order valence-corrected chi connectivity index (χ1v) is 12.3. The molecule has 4 rings (SSSR count). The van der Waals surface area contributed by atoms with E-state index in [0.29, 0.717) is 12.0 Å². The molecule has 1 N–H and O–H groups in total. The average Bonchev–Trinajstić information content (AvgIpc) is 2.96. The van der Waals surface area contributed by atoms with E-state index in [1.54, 1.807) is 0 Å². The van der Waals surface area contributed by atoms with Crippen LogP contribution in [0.1, 0.15) is 62.8 Å². The van der Waals surface area contributed by atoms with E-state index < -0.39 is 0 Å². The average molecular weight is 478 g/mol. The highest BCUT2D eigenvalue weighted by molar-refractivity contribution is 9.10. The third-order valence-electron chi connectivity index (χ3n) is 6.90. The van der Waals surface area contributed by atoms with Gasteiger partial charge in [-0.1, -0.05) is 22.9 Å². The minimum atomic E-state index is 0.623. The Morgan fingerprint density at radius 2 is 2.03 bits per heavy atom. The molecule has 0 bridgehead atoms. The lowest BCUT2D eigenvalue weighted by Crippen LogP contribution is -2.47. The van der Waals surface area contributed by atoms with Gasteiger partial charge in [-0.2, -0.15) is 0 Å². The highest BCUT2D eigenvalue weighted by Gasteiger charge is 2.38. The maximum Gasteiger partial charge on any atom is 0.188 e. The molecule has 0 unspecified atom stereocenters. The fourth-order valence-corrected chi connectivity index (χ4v) is 6.33. The summed E-state index contributed by atoms with van der Waals surface area (Å²) in [7, 11) is 0. The Hall–Kier alpha value is -1.11. The van der Waals surface area contributed by atoms with Crippen molar-refractivity contribution in [2.24, 2.45) is 0 Å². The minimum absolute atomic E-state index is 0.623. The van der Waals surface area contributed by atoms with E-state index in [0.717, 1.165) is 29.1 Å². The number of rotatable bonds is 5. The Balaban J connectivity index is 1.82. The van der Waals surface area contributed by atoms with Crippen molar-refractivity contribution in [3.05, 3.63) is 33.4 Å². The number of nitrogens with zero attached hydrogens (tertiary/aromatic N) is 3. The molecule has 1 aliphatic heterocycles. The second-order valence-corrected chi connectivity index (χ2v) is 9.74. The third kappa shape index (κ3) is 3.61. The molecule has 2 aliphatic rings. The molecule has 2 heterocycles. The summed E-state index contributed by atoms with van der Waals surface area (Å²) in [6.45, 7) is 13.1. The first kappa shape index (κ1) is 21.1. The largest absolute Gasteiger partial charge is 0.348 e. The van der Waals surface area contributed by atoms with Gasteiger partial charge in [0, 0.05) is 40.6 Å². The smallest absolute Gasteiger partial charge is 0.188 e. The molecule has 1 aromatic heterocycles. The van der Waals surface area contributed by atoms with Gasteiger partial charge in [0.15, 0.2) is 5.11 Å². The lowest BCUT2D eigenvalue weighted by molar-refractivity contribution is 0.124. The topological polar surface area (TPSA) is 23.4 Å². The van der Waals surface area contributed by atoms with Crippen molar-refractivity contribution in [3.63, 3.8) is 0 Å². The summed E-state index contributed by atoms with van der Waals surface area (Å²) in [5.74, 6) is 0.632. The van der Waals surface area contributed by atoms with Crippen LogP contribution in [-0.2, 0) is 6.42 Å². The molecular weight excluding hydrogens is 444 g/mol. The molecule has 1 aromatic carbocycles. The maximum atomic E-state index is 5.73. The Morgan fingerprint density at radius 1 is 1.28 bits per heavy atom. The van der Waals surface area contributed by atoms with Gasteiger partial charge in [0.25, 0.3) is 0 Å². The molecule has 1 fully saturated rings. The van der Waals surface area contributed by atoms with Crippen LogP contribution in [-0.4, -0.2) is 51.8 Å². The number of likely N-dealkylation sites (tertiary alicyclic amines) is 1. The highest BCUT2D eigenvalue weighted by Crippen LogP contribution is 2.46. The van der Waals surface area contributed by atoms with Crippen molar-refractivity contribution in [2.75, 3.05) is 31.6 Å². The normalized spacial score (nSPS) is 21.3. The van der Waals surface area contributed by atoms with E-state index in [2.05, 4.69) is 75.7 Å². The molecule has 0 saturated carbocycles. The van der Waals surface area contributed by atoms with E-state index in [1.807, 2.05) is 0 Å². The Morgan fingerprint density at radius 3 is 2.72 bits per heavy atom. The minimum Gasteiger partial charge on any atom is -0.348 e. The van der Waals surface area contributed by atoms with Crippen molar-refractivity contribution in [1.82, 2.24) is 14.5 Å². The van der Waals surface area contributed by atoms with Crippen LogP contribution in [0.15, 0.2) is 16.6 Å². The van der Waals surface area contributed by atoms with Crippen molar-refractivity contribution in [2.45, 2.75) is 65.3 Å². The van der Waals surface area contributed by atoms with E-state index in [-0.39, 0.29) is 0 Å². The zero-order valence-corrected chi connectivity index (χ0v) is 20.5. The van der Waals surface area contributed by atoms with Gasteiger partial charge in [0.2, 0.25) is 0 Å². The lowest BCUT2D eigenvalue weighted by atomic mass is 9.74. The van der Waals surface area contributed by atoms with Crippen molar-refractivity contribution >= 4 is 44.2 Å². The van der Waals surface area contributed by atoms with Gasteiger partial charge >= 0.3 is 0 Å². The highest BCUT2D eigenvalue weighted by atomic mass is 79.9. The maximum absolute atomic E-state index is 5.73. The Kier molecular flexibility index (Phi) is 6.24. The fraction of sp³-hybridized carbons (Fsp3) is 0.609. The summed E-state index contributed by atoms with van der Waals surface area (Å²) in [6, 6.07) is 5.25. The number of thiocarbonyl (C=S) groups is 1. The fourth-order valence-electron chi connectivity index (χ4n) is 5.51. The summed E-state index contributed by atoms with van der Waals surface area (Å²) < 4.78 is 3.40. The molecule has 29 heavy (non-hydrogen) atoms. The van der Waals surface area contributed by atoms with Crippen LogP contribution in [0, 0.1) is 6.92 Å². The number of hydrogen-bond donors (Lipinski definition) is 1. The molecule has 158 valence electrons. The van der Waals surface area contributed by atoms with Crippen LogP contribution in [0.3, 0.4) is 0 Å². The summed E-state index contributed by atoms with van der Waals surface area (Å²) in [4.78, 5) is 4.94. The van der Waals surface area contributed by atoms with E-state index in [1.165, 1.54) is 60.1 Å². The predicted octanol–water partition coefficient (Wildman–Crippen LogP) is 5.40. The van der Waals surface area contributed by atoms with E-state index >= 15 is 0 Å². The van der Waals surface area contributed by atoms with Crippen molar-refractivity contribution < 1.29 is 0 Å². The third-order valence-corrected chi connectivity index (χ3v) is 7.71. The second-order valence-electron chi connectivity index (χ2n) is 8.43. The van der Waals surface area contributed by atoms with Crippen LogP contribution in [0.5, 0.6) is 0 Å². The van der Waals surface area contributed by atoms with Gasteiger partial charge in [-0.05, 0) is 95.0 Å². The first-order valence-electron chi connectivity index (χ1n) is 11.1. The van der Waals surface area contributed by atoms with E-state index in [9.17, 15) is 0 Å². The number of aromatic nitrogens is 1. The number of benzene rings is 1.